The van der Waals surface area contributed by atoms with Crippen LogP contribution in [0.4, 0.5) is 0 Å². The summed E-state index contributed by atoms with van der Waals surface area (Å²) in [7, 11) is 3.12. The topological polar surface area (TPSA) is 114 Å². The normalized spacial score (nSPS) is 26.3. The number of hydrogen-bond donors (Lipinski definition) is 2. The third-order valence-electron chi connectivity index (χ3n) is 7.48. The lowest BCUT2D eigenvalue weighted by Crippen LogP contribution is -2.51. The molecule has 0 spiro atoms. The maximum absolute atomic E-state index is 13.4. The van der Waals surface area contributed by atoms with Gasteiger partial charge in [0.05, 0.1) is 20.3 Å². The van der Waals surface area contributed by atoms with Crippen LogP contribution in [0.2, 0.25) is 0 Å². The summed E-state index contributed by atoms with van der Waals surface area (Å²) in [6.07, 6.45) is 7.63. The van der Waals surface area contributed by atoms with Gasteiger partial charge in [-0.15, -0.1) is 0 Å². The number of hydrogen-bond acceptors (Lipinski definition) is 6. The number of rotatable bonds is 9. The van der Waals surface area contributed by atoms with Crippen LogP contribution in [-0.2, 0) is 19.2 Å². The number of aldehydes is 1. The van der Waals surface area contributed by atoms with Crippen LogP contribution >= 0.6 is 0 Å². The molecule has 3 aliphatic rings. The van der Waals surface area contributed by atoms with Crippen molar-refractivity contribution in [1.82, 2.24) is 15.5 Å². The summed E-state index contributed by atoms with van der Waals surface area (Å²) in [4.78, 5) is 51.8. The van der Waals surface area contributed by atoms with Crippen molar-refractivity contribution in [2.24, 2.45) is 17.8 Å². The van der Waals surface area contributed by atoms with E-state index in [4.69, 9.17) is 9.47 Å². The Morgan fingerprint density at radius 2 is 2.06 bits per heavy atom. The number of carbonyl (C=O) groups excluding carboxylic acids is 4. The maximum atomic E-state index is 13.4. The molecule has 35 heavy (non-hydrogen) atoms. The summed E-state index contributed by atoms with van der Waals surface area (Å²) in [5.74, 6) is 0.625. The first kappa shape index (κ1) is 24.8. The summed E-state index contributed by atoms with van der Waals surface area (Å²) in [6, 6.07) is 3.95. The molecule has 4 rings (SSSR count). The molecule has 2 saturated heterocycles. The highest BCUT2D eigenvalue weighted by Gasteiger charge is 2.49. The number of nitrogens with one attached hydrogen (secondary N) is 2. The van der Waals surface area contributed by atoms with E-state index in [1.54, 1.807) is 43.4 Å². The Kier molecular flexibility index (Phi) is 7.73. The lowest BCUT2D eigenvalue weighted by molar-refractivity contribution is -0.137. The highest BCUT2D eigenvalue weighted by molar-refractivity contribution is 5.97. The second kappa shape index (κ2) is 10.9. The van der Waals surface area contributed by atoms with Crippen molar-refractivity contribution in [3.63, 3.8) is 0 Å². The van der Waals surface area contributed by atoms with Gasteiger partial charge in [-0.05, 0) is 55.7 Å². The molecule has 5 atom stereocenters. The van der Waals surface area contributed by atoms with Gasteiger partial charge in [-0.1, -0.05) is 6.42 Å². The zero-order chi connectivity index (χ0) is 24.9. The van der Waals surface area contributed by atoms with Crippen molar-refractivity contribution in [2.75, 3.05) is 27.3 Å². The summed E-state index contributed by atoms with van der Waals surface area (Å²) in [5.41, 5.74) is 0.720. The van der Waals surface area contributed by atoms with Gasteiger partial charge in [0.25, 0.3) is 0 Å². The average molecular weight is 484 g/mol. The predicted octanol–water partition coefficient (Wildman–Crippen LogP) is 1.55. The van der Waals surface area contributed by atoms with Crippen molar-refractivity contribution < 1.29 is 28.7 Å². The van der Waals surface area contributed by atoms with Crippen LogP contribution in [0.3, 0.4) is 0 Å². The molecule has 2 N–H and O–H groups in total. The molecule has 9 heteroatoms. The molecule has 1 aromatic carbocycles. The van der Waals surface area contributed by atoms with Crippen molar-refractivity contribution in [1.29, 1.82) is 0 Å². The van der Waals surface area contributed by atoms with Crippen molar-refractivity contribution in [3.05, 3.63) is 29.8 Å². The van der Waals surface area contributed by atoms with Gasteiger partial charge >= 0.3 is 0 Å². The molecule has 3 fully saturated rings. The molecule has 0 bridgehead atoms. The summed E-state index contributed by atoms with van der Waals surface area (Å²) in [6.45, 7) is 1.10. The minimum atomic E-state index is -0.757. The second-order valence-electron chi connectivity index (χ2n) is 9.49. The van der Waals surface area contributed by atoms with Gasteiger partial charge in [0.2, 0.25) is 17.7 Å². The third kappa shape index (κ3) is 5.33. The smallest absolute Gasteiger partial charge is 0.247 e. The fourth-order valence-corrected chi connectivity index (χ4v) is 5.67. The molecular weight excluding hydrogens is 450 g/mol. The molecule has 0 aromatic heterocycles. The largest absolute Gasteiger partial charge is 0.497 e. The van der Waals surface area contributed by atoms with Gasteiger partial charge in [0, 0.05) is 36.7 Å². The standard InChI is InChI=1S/C26H33N3O6/c1-34-20-8-6-16(22(13-20)35-2)7-9-23(31)29-14-18-4-3-5-21(18)24(29)26(33)28-19(15-30)12-17-10-11-27-25(17)32/h6-9,13,15,17-19,21,24H,3-5,10-12,14H2,1-2H3,(H,27,32)(H,28,33)/b9-7+/t17-,18?,19-,21?,24+/m0/s1. The maximum Gasteiger partial charge on any atom is 0.247 e. The van der Waals surface area contributed by atoms with Crippen molar-refractivity contribution >= 4 is 30.1 Å². The SMILES string of the molecule is COc1ccc(/C=C/C(=O)N2CC3CCCC3[C@@H]2C(=O)N[C@H](C=O)C[C@@H]2CCNC2=O)c(OC)c1. The summed E-state index contributed by atoms with van der Waals surface area (Å²) < 4.78 is 10.6. The van der Waals surface area contributed by atoms with Crippen molar-refractivity contribution in [3.8, 4) is 11.5 Å². The number of ether oxygens (including phenoxy) is 2. The summed E-state index contributed by atoms with van der Waals surface area (Å²) in [5, 5.41) is 5.58. The monoisotopic (exact) mass is 483 g/mol. The fourth-order valence-electron chi connectivity index (χ4n) is 5.67. The number of likely N-dealkylation sites (tertiary alicyclic amines) is 1. The quantitative estimate of drug-likeness (QED) is 0.407. The van der Waals surface area contributed by atoms with Crippen LogP contribution in [0.5, 0.6) is 11.5 Å². The molecule has 2 aliphatic heterocycles. The number of fused-ring (bicyclic) bond motifs is 1. The van der Waals surface area contributed by atoms with E-state index in [1.165, 1.54) is 6.08 Å². The van der Waals surface area contributed by atoms with E-state index < -0.39 is 12.1 Å². The van der Waals surface area contributed by atoms with Crippen LogP contribution in [0.25, 0.3) is 6.08 Å². The molecule has 188 valence electrons. The Morgan fingerprint density at radius 1 is 1.23 bits per heavy atom. The second-order valence-corrected chi connectivity index (χ2v) is 9.49. The van der Waals surface area contributed by atoms with Crippen LogP contribution in [0.1, 0.15) is 37.7 Å². The van der Waals surface area contributed by atoms with Gasteiger partial charge in [-0.3, -0.25) is 14.4 Å². The van der Waals surface area contributed by atoms with Crippen LogP contribution in [0, 0.1) is 17.8 Å². The van der Waals surface area contributed by atoms with E-state index in [-0.39, 0.29) is 41.9 Å². The van der Waals surface area contributed by atoms with Gasteiger partial charge < -0.3 is 29.8 Å². The highest BCUT2D eigenvalue weighted by Crippen LogP contribution is 2.42. The van der Waals surface area contributed by atoms with Gasteiger partial charge in [-0.25, -0.2) is 0 Å². The van der Waals surface area contributed by atoms with E-state index in [1.807, 2.05) is 0 Å². The van der Waals surface area contributed by atoms with Crippen LogP contribution in [0.15, 0.2) is 24.3 Å². The van der Waals surface area contributed by atoms with Gasteiger partial charge in [0.1, 0.15) is 23.8 Å². The Bertz CT molecular complexity index is 1010. The van der Waals surface area contributed by atoms with Crippen molar-refractivity contribution in [2.45, 2.75) is 44.2 Å². The predicted molar refractivity (Wildman–Crippen MR) is 129 cm³/mol. The Labute approximate surface area is 205 Å². The zero-order valence-corrected chi connectivity index (χ0v) is 20.2. The molecule has 1 aromatic rings. The molecule has 9 nitrogen and oxygen atoms in total. The summed E-state index contributed by atoms with van der Waals surface area (Å²) >= 11 is 0. The first-order valence-corrected chi connectivity index (χ1v) is 12.2. The molecule has 3 amide bonds. The minimum absolute atomic E-state index is 0.0740. The number of carbonyl (C=O) groups is 4. The van der Waals surface area contributed by atoms with E-state index >= 15 is 0 Å². The molecule has 0 radical (unpaired) electrons. The molecular formula is C26H33N3O6. The number of amides is 3. The highest BCUT2D eigenvalue weighted by atomic mass is 16.5. The van der Waals surface area contributed by atoms with Crippen LogP contribution < -0.4 is 20.1 Å². The molecule has 1 aliphatic carbocycles. The molecule has 2 unspecified atom stereocenters. The average Bonchev–Trinajstić information content (AvgIpc) is 3.58. The molecule has 2 heterocycles. The van der Waals surface area contributed by atoms with E-state index in [0.29, 0.717) is 37.3 Å². The first-order valence-electron chi connectivity index (χ1n) is 12.2. The Morgan fingerprint density at radius 3 is 2.74 bits per heavy atom. The van der Waals surface area contributed by atoms with E-state index in [9.17, 15) is 19.2 Å². The Balaban J connectivity index is 1.48. The fraction of sp³-hybridized carbons (Fsp3) is 0.538. The van der Waals surface area contributed by atoms with E-state index in [2.05, 4.69) is 10.6 Å². The zero-order valence-electron chi connectivity index (χ0n) is 20.2. The number of benzene rings is 1. The minimum Gasteiger partial charge on any atom is -0.497 e. The van der Waals surface area contributed by atoms with Gasteiger partial charge in [-0.2, -0.15) is 0 Å². The number of nitrogens with zero attached hydrogens (tertiary/aromatic N) is 1. The third-order valence-corrected chi connectivity index (χ3v) is 7.48. The first-order chi connectivity index (χ1) is 16.9. The lowest BCUT2D eigenvalue weighted by atomic mass is 9.92. The number of methoxy groups -OCH3 is 2. The van der Waals surface area contributed by atoms with Crippen LogP contribution in [-0.4, -0.2) is 68.3 Å². The van der Waals surface area contributed by atoms with Gasteiger partial charge in [0.15, 0.2) is 0 Å². The van der Waals surface area contributed by atoms with E-state index in [0.717, 1.165) is 24.8 Å². The Hall–Kier alpha value is -3.36. The lowest BCUT2D eigenvalue weighted by Gasteiger charge is -2.27. The molecule has 1 saturated carbocycles.